The van der Waals surface area contributed by atoms with E-state index in [-0.39, 0.29) is 12.7 Å². The fourth-order valence-electron chi connectivity index (χ4n) is 3.03. The molecule has 1 aliphatic rings. The maximum Gasteiger partial charge on any atom is 0.231 e. The summed E-state index contributed by atoms with van der Waals surface area (Å²) in [4.78, 5) is 5.31. The Morgan fingerprint density at radius 1 is 1.29 bits per heavy atom. The number of pyridine rings is 1. The van der Waals surface area contributed by atoms with Crippen molar-refractivity contribution in [1.82, 2.24) is 9.38 Å². The van der Waals surface area contributed by atoms with Gasteiger partial charge in [-0.1, -0.05) is 25.2 Å². The van der Waals surface area contributed by atoms with E-state index in [1.54, 1.807) is 0 Å². The molecule has 6 heteroatoms. The summed E-state index contributed by atoms with van der Waals surface area (Å²) in [5, 5.41) is 0. The number of hydrogen-bond acceptors (Lipinski definition) is 4. The third-order valence-corrected chi connectivity index (χ3v) is 4.72. The predicted molar refractivity (Wildman–Crippen MR) is 96.7 cm³/mol. The molecule has 2 N–H and O–H groups in total. The standard InChI is InChI=1S/C18H17N3O2S/c1-10-4-3-7-21-16(11(2)17(19)24)15(20-18(10)21)12-5-6-13-14(8-12)23-9-22-13/h3-8,11H,9H2,1-2H3,(H2,19,24). The number of hydrogen-bond donors (Lipinski definition) is 1. The Bertz CT molecular complexity index is 964. The highest BCUT2D eigenvalue weighted by Gasteiger charge is 2.23. The molecule has 1 atom stereocenters. The summed E-state index contributed by atoms with van der Waals surface area (Å²) < 4.78 is 13.0. The van der Waals surface area contributed by atoms with Crippen molar-refractivity contribution in [2.45, 2.75) is 19.8 Å². The first-order valence-corrected chi connectivity index (χ1v) is 8.14. The molecule has 0 amide bonds. The van der Waals surface area contributed by atoms with Gasteiger partial charge >= 0.3 is 0 Å². The van der Waals surface area contributed by atoms with Gasteiger partial charge in [0.1, 0.15) is 5.65 Å². The second-order valence-corrected chi connectivity index (χ2v) is 6.39. The van der Waals surface area contributed by atoms with Crippen LogP contribution in [0.3, 0.4) is 0 Å². The molecule has 0 radical (unpaired) electrons. The summed E-state index contributed by atoms with van der Waals surface area (Å²) in [6.45, 7) is 4.30. The highest BCUT2D eigenvalue weighted by Crippen LogP contribution is 2.38. The Balaban J connectivity index is 1.99. The van der Waals surface area contributed by atoms with Crippen LogP contribution >= 0.6 is 12.2 Å². The van der Waals surface area contributed by atoms with Crippen LogP contribution in [0.2, 0.25) is 0 Å². The molecule has 122 valence electrons. The van der Waals surface area contributed by atoms with Crippen LogP contribution in [0.15, 0.2) is 36.5 Å². The van der Waals surface area contributed by atoms with Crippen molar-refractivity contribution in [1.29, 1.82) is 0 Å². The molecule has 0 aliphatic carbocycles. The van der Waals surface area contributed by atoms with E-state index in [2.05, 4.69) is 4.40 Å². The number of thiocarbonyl (C=S) groups is 1. The van der Waals surface area contributed by atoms with Crippen LogP contribution in [0.1, 0.15) is 24.1 Å². The van der Waals surface area contributed by atoms with Crippen molar-refractivity contribution in [2.24, 2.45) is 5.73 Å². The Kier molecular flexibility index (Phi) is 3.42. The lowest BCUT2D eigenvalue weighted by Crippen LogP contribution is -2.18. The molecule has 0 saturated carbocycles. The highest BCUT2D eigenvalue weighted by molar-refractivity contribution is 7.80. The maximum absolute atomic E-state index is 5.94. The lowest BCUT2D eigenvalue weighted by Gasteiger charge is -2.12. The summed E-state index contributed by atoms with van der Waals surface area (Å²) in [6.07, 6.45) is 2.00. The predicted octanol–water partition coefficient (Wildman–Crippen LogP) is 3.43. The number of aryl methyl sites for hydroxylation is 1. The SMILES string of the molecule is Cc1cccn2c(C(C)C(N)=S)c(-c3ccc4c(c3)OCO4)nc12. The van der Waals surface area contributed by atoms with Crippen LogP contribution in [0.4, 0.5) is 0 Å². The van der Waals surface area contributed by atoms with Gasteiger partial charge in [-0.05, 0) is 36.8 Å². The van der Waals surface area contributed by atoms with Crippen LogP contribution in [0, 0.1) is 6.92 Å². The maximum atomic E-state index is 5.94. The minimum absolute atomic E-state index is 0.0998. The fourth-order valence-corrected chi connectivity index (χ4v) is 3.14. The molecule has 2 aromatic heterocycles. The van der Waals surface area contributed by atoms with Crippen molar-refractivity contribution < 1.29 is 9.47 Å². The van der Waals surface area contributed by atoms with E-state index in [0.717, 1.165) is 39.7 Å². The molecule has 1 aromatic carbocycles. The van der Waals surface area contributed by atoms with E-state index in [0.29, 0.717) is 4.99 Å². The van der Waals surface area contributed by atoms with Gasteiger partial charge in [0.25, 0.3) is 0 Å². The van der Waals surface area contributed by atoms with E-state index in [4.69, 9.17) is 32.4 Å². The van der Waals surface area contributed by atoms with Crippen molar-refractivity contribution in [3.05, 3.63) is 47.8 Å². The quantitative estimate of drug-likeness (QED) is 0.741. The summed E-state index contributed by atoms with van der Waals surface area (Å²) in [7, 11) is 0. The number of benzene rings is 1. The van der Waals surface area contributed by atoms with Crippen LogP contribution < -0.4 is 15.2 Å². The number of aromatic nitrogens is 2. The van der Waals surface area contributed by atoms with E-state index in [1.165, 1.54) is 0 Å². The lowest BCUT2D eigenvalue weighted by atomic mass is 10.0. The second-order valence-electron chi connectivity index (χ2n) is 5.92. The Morgan fingerprint density at radius 2 is 2.08 bits per heavy atom. The topological polar surface area (TPSA) is 61.8 Å². The number of fused-ring (bicyclic) bond motifs is 2. The molecule has 24 heavy (non-hydrogen) atoms. The van der Waals surface area contributed by atoms with Crippen LogP contribution in [-0.4, -0.2) is 21.2 Å². The minimum atomic E-state index is -0.0998. The molecule has 3 heterocycles. The molecule has 0 saturated heterocycles. The van der Waals surface area contributed by atoms with E-state index < -0.39 is 0 Å². The summed E-state index contributed by atoms with van der Waals surface area (Å²) in [6, 6.07) is 9.89. The zero-order valence-electron chi connectivity index (χ0n) is 13.4. The van der Waals surface area contributed by atoms with Crippen LogP contribution in [0.5, 0.6) is 11.5 Å². The number of rotatable bonds is 3. The Hall–Kier alpha value is -2.60. The average Bonchev–Trinajstić information content (AvgIpc) is 3.18. The number of imidazole rings is 1. The molecule has 0 spiro atoms. The zero-order valence-corrected chi connectivity index (χ0v) is 14.3. The first-order chi connectivity index (χ1) is 11.6. The summed E-state index contributed by atoms with van der Waals surface area (Å²) in [5.74, 6) is 1.38. The lowest BCUT2D eigenvalue weighted by molar-refractivity contribution is 0.174. The van der Waals surface area contributed by atoms with Gasteiger partial charge in [-0.15, -0.1) is 0 Å². The van der Waals surface area contributed by atoms with Crippen molar-refractivity contribution >= 4 is 22.9 Å². The molecule has 0 fully saturated rings. The van der Waals surface area contributed by atoms with Gasteiger partial charge in [0.15, 0.2) is 11.5 Å². The zero-order chi connectivity index (χ0) is 16.8. The molecule has 1 unspecified atom stereocenters. The normalized spacial score (nSPS) is 14.1. The first-order valence-electron chi connectivity index (χ1n) is 7.73. The van der Waals surface area contributed by atoms with E-state index in [9.17, 15) is 0 Å². The van der Waals surface area contributed by atoms with Gasteiger partial charge in [0.05, 0.1) is 16.4 Å². The smallest absolute Gasteiger partial charge is 0.231 e. The molecular weight excluding hydrogens is 322 g/mol. The largest absolute Gasteiger partial charge is 0.454 e. The van der Waals surface area contributed by atoms with Gasteiger partial charge in [-0.2, -0.15) is 0 Å². The average molecular weight is 339 g/mol. The van der Waals surface area contributed by atoms with Crippen LogP contribution in [0.25, 0.3) is 16.9 Å². The first kappa shape index (κ1) is 15.0. The van der Waals surface area contributed by atoms with E-state index >= 15 is 0 Å². The second kappa shape index (κ2) is 5.49. The van der Waals surface area contributed by atoms with Crippen molar-refractivity contribution in [3.8, 4) is 22.8 Å². The Labute approximate surface area is 145 Å². The number of nitrogens with zero attached hydrogens (tertiary/aromatic N) is 2. The summed E-state index contributed by atoms with van der Waals surface area (Å²) >= 11 is 5.24. The van der Waals surface area contributed by atoms with Gasteiger partial charge in [-0.3, -0.25) is 0 Å². The summed E-state index contributed by atoms with van der Waals surface area (Å²) in [5.41, 5.74) is 10.8. The Morgan fingerprint density at radius 3 is 2.88 bits per heavy atom. The third-order valence-electron chi connectivity index (χ3n) is 4.37. The molecule has 1 aliphatic heterocycles. The third kappa shape index (κ3) is 2.22. The van der Waals surface area contributed by atoms with Gasteiger partial charge in [0.2, 0.25) is 6.79 Å². The van der Waals surface area contributed by atoms with Crippen LogP contribution in [-0.2, 0) is 0 Å². The minimum Gasteiger partial charge on any atom is -0.454 e. The highest BCUT2D eigenvalue weighted by atomic mass is 32.1. The molecule has 3 aromatic rings. The van der Waals surface area contributed by atoms with Gasteiger partial charge in [-0.25, -0.2) is 4.98 Å². The van der Waals surface area contributed by atoms with Gasteiger partial charge in [0, 0.05) is 17.7 Å². The molecule has 0 bridgehead atoms. The number of ether oxygens (including phenoxy) is 2. The van der Waals surface area contributed by atoms with Crippen molar-refractivity contribution in [2.75, 3.05) is 6.79 Å². The molecule has 4 rings (SSSR count). The van der Waals surface area contributed by atoms with Gasteiger partial charge < -0.3 is 19.6 Å². The number of nitrogens with two attached hydrogens (primary N) is 1. The molecular formula is C18H17N3O2S. The van der Waals surface area contributed by atoms with Crippen molar-refractivity contribution in [3.63, 3.8) is 0 Å². The van der Waals surface area contributed by atoms with E-state index in [1.807, 2.05) is 50.4 Å². The molecule has 5 nitrogen and oxygen atoms in total. The fraction of sp³-hybridized carbons (Fsp3) is 0.222. The monoisotopic (exact) mass is 339 g/mol.